The number of rotatable bonds is 4. The van der Waals surface area contributed by atoms with E-state index in [9.17, 15) is 22.4 Å². The molecule has 1 N–H and O–H groups in total. The summed E-state index contributed by atoms with van der Waals surface area (Å²) in [5.41, 5.74) is 0.148. The molecule has 0 unspecified atom stereocenters. The Morgan fingerprint density at radius 1 is 1.23 bits per heavy atom. The molecule has 0 aliphatic carbocycles. The number of nitrogens with zero attached hydrogens (tertiary/aromatic N) is 2. The highest BCUT2D eigenvalue weighted by atomic mass is 19.4. The number of benzene rings is 1. The third-order valence-corrected chi connectivity index (χ3v) is 3.72. The lowest BCUT2D eigenvalue weighted by Gasteiger charge is -2.06. The maximum Gasteiger partial charge on any atom is 0.416 e. The minimum atomic E-state index is -4.49. The van der Waals surface area contributed by atoms with Crippen LogP contribution in [-0.2, 0) is 17.4 Å². The molecule has 8 heteroatoms. The number of hydrogen-bond acceptors (Lipinski definition) is 2. The van der Waals surface area contributed by atoms with Gasteiger partial charge >= 0.3 is 6.18 Å². The number of fused-ring (bicyclic) bond motifs is 1. The first kappa shape index (κ1) is 17.7. The van der Waals surface area contributed by atoms with Crippen molar-refractivity contribution in [3.8, 4) is 0 Å². The molecular weight excluding hydrogens is 350 g/mol. The Hall–Kier alpha value is -3.16. The molecular formula is C18H13F4N3O. The van der Waals surface area contributed by atoms with E-state index in [2.05, 4.69) is 16.9 Å². The smallest absolute Gasteiger partial charge is 0.309 e. The van der Waals surface area contributed by atoms with Crippen molar-refractivity contribution in [3.05, 3.63) is 71.8 Å². The second-order valence-electron chi connectivity index (χ2n) is 5.54. The summed E-state index contributed by atoms with van der Waals surface area (Å²) < 4.78 is 52.8. The van der Waals surface area contributed by atoms with E-state index in [-0.39, 0.29) is 17.9 Å². The van der Waals surface area contributed by atoms with Gasteiger partial charge in [0.25, 0.3) is 0 Å². The average molecular weight is 363 g/mol. The SMILES string of the molecule is C=Cc1c(NC(=O)Cc2ccc(F)cc2)nc2cc(C(F)(F)F)ccn12. The summed E-state index contributed by atoms with van der Waals surface area (Å²) in [7, 11) is 0. The molecule has 3 aromatic rings. The summed E-state index contributed by atoms with van der Waals surface area (Å²) in [6.45, 7) is 3.61. The molecule has 2 heterocycles. The molecule has 3 rings (SSSR count). The van der Waals surface area contributed by atoms with Crippen LogP contribution in [0.2, 0.25) is 0 Å². The summed E-state index contributed by atoms with van der Waals surface area (Å²) in [5, 5.41) is 2.56. The first-order valence-electron chi connectivity index (χ1n) is 7.54. The van der Waals surface area contributed by atoms with E-state index >= 15 is 0 Å². The molecule has 4 nitrogen and oxygen atoms in total. The molecule has 0 fully saturated rings. The normalized spacial score (nSPS) is 11.5. The topological polar surface area (TPSA) is 46.4 Å². The van der Waals surface area contributed by atoms with Gasteiger partial charge in [-0.1, -0.05) is 18.7 Å². The minimum absolute atomic E-state index is 0.0292. The molecule has 1 aromatic carbocycles. The van der Waals surface area contributed by atoms with Crippen LogP contribution in [0.1, 0.15) is 16.8 Å². The van der Waals surface area contributed by atoms with Crippen LogP contribution in [-0.4, -0.2) is 15.3 Å². The number of imidazole rings is 1. The van der Waals surface area contributed by atoms with Crippen molar-refractivity contribution < 1.29 is 22.4 Å². The van der Waals surface area contributed by atoms with E-state index < -0.39 is 23.5 Å². The third kappa shape index (κ3) is 3.58. The molecule has 0 saturated heterocycles. The fraction of sp³-hybridized carbons (Fsp3) is 0.111. The lowest BCUT2D eigenvalue weighted by Crippen LogP contribution is -2.15. The van der Waals surface area contributed by atoms with E-state index in [0.29, 0.717) is 11.3 Å². The number of alkyl halides is 3. The highest BCUT2D eigenvalue weighted by Crippen LogP contribution is 2.31. The Labute approximate surface area is 145 Å². The standard InChI is InChI=1S/C18H13F4N3O/c1-2-14-17(24-16(26)9-11-3-5-13(19)6-4-11)23-15-10-12(18(20,21)22)7-8-25(14)15/h2-8,10H,1,9H2,(H,24,26). The molecule has 26 heavy (non-hydrogen) atoms. The van der Waals surface area contributed by atoms with E-state index in [1.807, 2.05) is 0 Å². The van der Waals surface area contributed by atoms with Crippen LogP contribution in [0.3, 0.4) is 0 Å². The average Bonchev–Trinajstić information content (AvgIpc) is 2.92. The van der Waals surface area contributed by atoms with E-state index in [0.717, 1.165) is 12.1 Å². The minimum Gasteiger partial charge on any atom is -0.309 e. The largest absolute Gasteiger partial charge is 0.416 e. The molecule has 0 radical (unpaired) electrons. The van der Waals surface area contributed by atoms with E-state index in [1.54, 1.807) is 0 Å². The second-order valence-corrected chi connectivity index (χ2v) is 5.54. The maximum absolute atomic E-state index is 12.9. The molecule has 2 aromatic heterocycles. The van der Waals surface area contributed by atoms with Crippen molar-refractivity contribution >= 4 is 23.4 Å². The highest BCUT2D eigenvalue weighted by molar-refractivity contribution is 5.93. The van der Waals surface area contributed by atoms with Crippen molar-refractivity contribution in [2.45, 2.75) is 12.6 Å². The van der Waals surface area contributed by atoms with Crippen molar-refractivity contribution in [2.75, 3.05) is 5.32 Å². The van der Waals surface area contributed by atoms with Gasteiger partial charge < -0.3 is 5.32 Å². The molecule has 0 aliphatic rings. The number of amides is 1. The first-order valence-corrected chi connectivity index (χ1v) is 7.54. The molecule has 0 atom stereocenters. The van der Waals surface area contributed by atoms with Crippen LogP contribution < -0.4 is 5.32 Å². The molecule has 1 amide bonds. The lowest BCUT2D eigenvalue weighted by atomic mass is 10.1. The van der Waals surface area contributed by atoms with Gasteiger partial charge in [0, 0.05) is 6.20 Å². The van der Waals surface area contributed by atoms with Gasteiger partial charge in [-0.25, -0.2) is 9.37 Å². The molecule has 134 valence electrons. The number of aromatic nitrogens is 2. The molecule has 0 spiro atoms. The number of nitrogens with one attached hydrogen (secondary N) is 1. The number of halogens is 4. The summed E-state index contributed by atoms with van der Waals surface area (Å²) in [4.78, 5) is 16.2. The number of carbonyl (C=O) groups excluding carboxylic acids is 1. The zero-order valence-electron chi connectivity index (χ0n) is 13.3. The van der Waals surface area contributed by atoms with Gasteiger partial charge in [-0.05, 0) is 35.9 Å². The van der Waals surface area contributed by atoms with Crippen molar-refractivity contribution in [1.29, 1.82) is 0 Å². The van der Waals surface area contributed by atoms with Gasteiger partial charge in [0.15, 0.2) is 5.82 Å². The molecule has 0 bridgehead atoms. The van der Waals surface area contributed by atoms with Crippen molar-refractivity contribution in [2.24, 2.45) is 0 Å². The summed E-state index contributed by atoms with van der Waals surface area (Å²) >= 11 is 0. The van der Waals surface area contributed by atoms with Gasteiger partial charge in [-0.15, -0.1) is 0 Å². The van der Waals surface area contributed by atoms with Gasteiger partial charge in [-0.2, -0.15) is 13.2 Å². The Bertz CT molecular complexity index is 975. The molecule has 0 saturated carbocycles. The number of anilines is 1. The maximum atomic E-state index is 12.9. The Morgan fingerprint density at radius 3 is 2.54 bits per heavy atom. The van der Waals surface area contributed by atoms with Crippen molar-refractivity contribution in [1.82, 2.24) is 9.38 Å². The zero-order valence-corrected chi connectivity index (χ0v) is 13.3. The van der Waals surface area contributed by atoms with E-state index in [4.69, 9.17) is 0 Å². The van der Waals surface area contributed by atoms with Crippen molar-refractivity contribution in [3.63, 3.8) is 0 Å². The highest BCUT2D eigenvalue weighted by Gasteiger charge is 2.31. The van der Waals surface area contributed by atoms with Crippen LogP contribution in [0.15, 0.2) is 49.2 Å². The van der Waals surface area contributed by atoms with Crippen LogP contribution in [0.4, 0.5) is 23.4 Å². The Kier molecular flexibility index (Phi) is 4.50. The van der Waals surface area contributed by atoms with Gasteiger partial charge in [-0.3, -0.25) is 9.20 Å². The van der Waals surface area contributed by atoms with E-state index in [1.165, 1.54) is 40.9 Å². The van der Waals surface area contributed by atoms with Gasteiger partial charge in [0.05, 0.1) is 17.7 Å². The number of pyridine rings is 1. The van der Waals surface area contributed by atoms with Crippen LogP contribution in [0, 0.1) is 5.82 Å². The fourth-order valence-corrected chi connectivity index (χ4v) is 2.49. The summed E-state index contributed by atoms with van der Waals surface area (Å²) in [6.07, 6.45) is -1.91. The predicted octanol–water partition coefficient (Wildman–Crippen LogP) is 4.32. The lowest BCUT2D eigenvalue weighted by molar-refractivity contribution is -0.137. The summed E-state index contributed by atoms with van der Waals surface area (Å²) in [5.74, 6) is -0.741. The van der Waals surface area contributed by atoms with Gasteiger partial charge in [0.1, 0.15) is 11.5 Å². The third-order valence-electron chi connectivity index (χ3n) is 3.72. The fourth-order valence-electron chi connectivity index (χ4n) is 2.49. The van der Waals surface area contributed by atoms with Crippen LogP contribution in [0.5, 0.6) is 0 Å². The Balaban J connectivity index is 1.87. The van der Waals surface area contributed by atoms with Gasteiger partial charge in [0.2, 0.25) is 5.91 Å². The number of hydrogen-bond donors (Lipinski definition) is 1. The number of carbonyl (C=O) groups is 1. The van der Waals surface area contributed by atoms with Crippen LogP contribution in [0.25, 0.3) is 11.7 Å². The summed E-state index contributed by atoms with van der Waals surface area (Å²) in [6, 6.07) is 7.24. The monoisotopic (exact) mass is 363 g/mol. The quantitative estimate of drug-likeness (QED) is 0.702. The second kappa shape index (κ2) is 6.62. The zero-order chi connectivity index (χ0) is 18.9. The predicted molar refractivity (Wildman–Crippen MR) is 89.0 cm³/mol. The first-order chi connectivity index (χ1) is 12.3. The van der Waals surface area contributed by atoms with Crippen LogP contribution >= 0.6 is 0 Å². The Morgan fingerprint density at radius 2 is 1.92 bits per heavy atom. The molecule has 0 aliphatic heterocycles.